The first-order chi connectivity index (χ1) is 13.5. The molecule has 0 spiro atoms. The number of carboxylic acids is 1. The standard InChI is InChI=1S/C17H19N3O8S/c1-17(15(16(25)26)20-13(24)7-14(20)29(17,27)28)8-18-19-12(23)5-3-9-2-4-10(21)11(22)6-9/h2,4,6,8,14-15,21-22H,3,5,7H2,1H3,(H,19,23)(H,25,26)/b18-8+/t14-,15+,17+/m1/s1. The zero-order chi connectivity index (χ0) is 21.6. The van der Waals surface area contributed by atoms with E-state index >= 15 is 0 Å². The summed E-state index contributed by atoms with van der Waals surface area (Å²) in [5, 5.41) is 30.6. The number of sulfone groups is 1. The highest BCUT2D eigenvalue weighted by Crippen LogP contribution is 2.45. The van der Waals surface area contributed by atoms with Crippen LogP contribution in [0, 0.1) is 0 Å². The van der Waals surface area contributed by atoms with E-state index in [4.69, 9.17) is 0 Å². The molecule has 0 aromatic heterocycles. The first-order valence-corrected chi connectivity index (χ1v) is 10.1. The number of nitrogens with one attached hydrogen (secondary N) is 1. The van der Waals surface area contributed by atoms with E-state index in [0.29, 0.717) is 5.56 Å². The van der Waals surface area contributed by atoms with Crippen LogP contribution in [0.5, 0.6) is 11.5 Å². The lowest BCUT2D eigenvalue weighted by atomic mass is 9.97. The summed E-state index contributed by atoms with van der Waals surface area (Å²) in [6.07, 6.45) is 0.728. The van der Waals surface area contributed by atoms with Crippen molar-refractivity contribution in [3.05, 3.63) is 23.8 Å². The minimum Gasteiger partial charge on any atom is -0.504 e. The van der Waals surface area contributed by atoms with Gasteiger partial charge in [0, 0.05) is 12.6 Å². The molecule has 0 bridgehead atoms. The largest absolute Gasteiger partial charge is 0.504 e. The molecule has 0 saturated carbocycles. The number of hydrogen-bond donors (Lipinski definition) is 4. The Labute approximate surface area is 165 Å². The maximum absolute atomic E-state index is 12.7. The number of rotatable bonds is 6. The average Bonchev–Trinajstić information content (AvgIpc) is 2.77. The topological polar surface area (TPSA) is 174 Å². The van der Waals surface area contributed by atoms with Gasteiger partial charge in [-0.3, -0.25) is 9.59 Å². The number of benzene rings is 1. The molecule has 0 aliphatic carbocycles. The first kappa shape index (κ1) is 20.6. The molecule has 2 heterocycles. The predicted octanol–water partition coefficient (Wildman–Crippen LogP) is -0.669. The third kappa shape index (κ3) is 3.28. The van der Waals surface area contributed by atoms with Gasteiger partial charge >= 0.3 is 5.97 Å². The highest BCUT2D eigenvalue weighted by molar-refractivity contribution is 7.94. The molecule has 156 valence electrons. The van der Waals surface area contributed by atoms with Crippen LogP contribution >= 0.6 is 0 Å². The predicted molar refractivity (Wildman–Crippen MR) is 98.7 cm³/mol. The summed E-state index contributed by atoms with van der Waals surface area (Å²) in [7, 11) is -4.04. The zero-order valence-corrected chi connectivity index (χ0v) is 16.1. The molecule has 4 N–H and O–H groups in total. The van der Waals surface area contributed by atoms with Crippen LogP contribution in [0.2, 0.25) is 0 Å². The van der Waals surface area contributed by atoms with Crippen molar-refractivity contribution < 1.29 is 38.1 Å². The second-order valence-corrected chi connectivity index (χ2v) is 9.56. The second-order valence-electron chi connectivity index (χ2n) is 7.05. The number of hydrazone groups is 1. The third-order valence-electron chi connectivity index (χ3n) is 5.16. The number of carbonyl (C=O) groups is 3. The SMILES string of the molecule is C[C@]1(/C=N/NC(=O)CCc2ccc(O)c(O)c2)[C@H](C(=O)O)N2C(=O)C[C@H]2S1(=O)=O. The Morgan fingerprint density at radius 2 is 2.03 bits per heavy atom. The number of phenolic OH excluding ortho intramolecular Hbond substituents is 2. The maximum atomic E-state index is 12.7. The van der Waals surface area contributed by atoms with Crippen LogP contribution < -0.4 is 5.43 Å². The minimum atomic E-state index is -4.04. The van der Waals surface area contributed by atoms with Crippen LogP contribution in [0.15, 0.2) is 23.3 Å². The van der Waals surface area contributed by atoms with Crippen molar-refractivity contribution in [2.75, 3.05) is 0 Å². The molecule has 12 heteroatoms. The number of carbonyl (C=O) groups excluding carboxylic acids is 2. The molecule has 2 aliphatic rings. The van der Waals surface area contributed by atoms with Crippen molar-refractivity contribution in [1.82, 2.24) is 10.3 Å². The summed E-state index contributed by atoms with van der Waals surface area (Å²) in [5.41, 5.74) is 2.73. The van der Waals surface area contributed by atoms with E-state index in [2.05, 4.69) is 10.5 Å². The first-order valence-electron chi connectivity index (χ1n) is 8.60. The quantitative estimate of drug-likeness (QED) is 0.201. The zero-order valence-electron chi connectivity index (χ0n) is 15.3. The van der Waals surface area contributed by atoms with E-state index < -0.39 is 43.8 Å². The summed E-state index contributed by atoms with van der Waals surface area (Å²) in [4.78, 5) is 36.1. The van der Waals surface area contributed by atoms with Crippen molar-refractivity contribution in [2.24, 2.45) is 5.10 Å². The van der Waals surface area contributed by atoms with Gasteiger partial charge in [-0.1, -0.05) is 6.07 Å². The van der Waals surface area contributed by atoms with E-state index in [9.17, 15) is 38.1 Å². The fourth-order valence-corrected chi connectivity index (χ4v) is 5.69. The fourth-order valence-electron chi connectivity index (χ4n) is 3.47. The van der Waals surface area contributed by atoms with Gasteiger partial charge in [-0.15, -0.1) is 0 Å². The van der Waals surface area contributed by atoms with E-state index in [1.54, 1.807) is 0 Å². The summed E-state index contributed by atoms with van der Waals surface area (Å²) in [6, 6.07) is 2.48. The van der Waals surface area contributed by atoms with Gasteiger partial charge < -0.3 is 20.2 Å². The average molecular weight is 425 g/mol. The highest BCUT2D eigenvalue weighted by atomic mass is 32.2. The monoisotopic (exact) mass is 425 g/mol. The van der Waals surface area contributed by atoms with Crippen LogP contribution in [0.1, 0.15) is 25.3 Å². The van der Waals surface area contributed by atoms with Crippen LogP contribution in [-0.2, 0) is 30.6 Å². The van der Waals surface area contributed by atoms with Gasteiger partial charge in [0.05, 0.1) is 6.42 Å². The van der Waals surface area contributed by atoms with Crippen molar-refractivity contribution in [3.63, 3.8) is 0 Å². The number of aromatic hydroxyl groups is 2. The molecule has 1 aromatic rings. The number of nitrogens with zero attached hydrogens (tertiary/aromatic N) is 2. The van der Waals surface area contributed by atoms with Crippen LogP contribution in [0.4, 0.5) is 0 Å². The number of β-lactam (4-membered cyclic amide) rings is 1. The van der Waals surface area contributed by atoms with E-state index in [1.807, 2.05) is 0 Å². The molecule has 2 fully saturated rings. The van der Waals surface area contributed by atoms with Crippen LogP contribution in [-0.4, -0.2) is 68.8 Å². The molecule has 2 saturated heterocycles. The Morgan fingerprint density at radius 3 is 2.62 bits per heavy atom. The summed E-state index contributed by atoms with van der Waals surface area (Å²) in [5.74, 6) is -3.22. The van der Waals surface area contributed by atoms with Gasteiger partial charge in [-0.25, -0.2) is 18.6 Å². The molecular formula is C17H19N3O8S. The molecule has 3 rings (SSSR count). The molecule has 0 unspecified atom stereocenters. The van der Waals surface area contributed by atoms with Gasteiger partial charge in [0.1, 0.15) is 10.1 Å². The summed E-state index contributed by atoms with van der Waals surface area (Å²) in [6.45, 7) is 1.15. The summed E-state index contributed by atoms with van der Waals surface area (Å²) >= 11 is 0. The maximum Gasteiger partial charge on any atom is 0.328 e. The van der Waals surface area contributed by atoms with E-state index in [-0.39, 0.29) is 30.8 Å². The smallest absolute Gasteiger partial charge is 0.328 e. The normalized spacial score (nSPS) is 27.5. The van der Waals surface area contributed by atoms with Gasteiger partial charge in [0.25, 0.3) is 0 Å². The fraction of sp³-hybridized carbons (Fsp3) is 0.412. The third-order valence-corrected chi connectivity index (χ3v) is 7.83. The Kier molecular flexibility index (Phi) is 4.99. The number of aliphatic carboxylic acids is 1. The number of aryl methyl sites for hydroxylation is 1. The van der Waals surface area contributed by atoms with Crippen LogP contribution in [0.3, 0.4) is 0 Å². The lowest BCUT2D eigenvalue weighted by molar-refractivity contribution is -0.156. The van der Waals surface area contributed by atoms with Gasteiger partial charge in [0.15, 0.2) is 27.4 Å². The second kappa shape index (κ2) is 7.03. The molecule has 0 radical (unpaired) electrons. The lowest BCUT2D eigenvalue weighted by Gasteiger charge is -2.35. The molecule has 3 atom stereocenters. The molecule has 1 aromatic carbocycles. The Morgan fingerprint density at radius 1 is 1.34 bits per heavy atom. The number of hydrogen-bond acceptors (Lipinski definition) is 8. The van der Waals surface area contributed by atoms with E-state index in [1.165, 1.54) is 18.2 Å². The van der Waals surface area contributed by atoms with Crippen molar-refractivity contribution in [1.29, 1.82) is 0 Å². The van der Waals surface area contributed by atoms with Crippen LogP contribution in [0.25, 0.3) is 0 Å². The lowest BCUT2D eigenvalue weighted by Crippen LogP contribution is -2.57. The highest BCUT2D eigenvalue weighted by Gasteiger charge is 2.69. The Hall–Kier alpha value is -3.15. The molecular weight excluding hydrogens is 406 g/mol. The van der Waals surface area contributed by atoms with E-state index in [0.717, 1.165) is 18.0 Å². The molecule has 29 heavy (non-hydrogen) atoms. The number of carboxylic acid groups (broad SMARTS) is 1. The van der Waals surface area contributed by atoms with Crippen molar-refractivity contribution in [2.45, 2.75) is 42.3 Å². The van der Waals surface area contributed by atoms with Gasteiger partial charge in [0.2, 0.25) is 11.8 Å². The molecule has 11 nitrogen and oxygen atoms in total. The van der Waals surface area contributed by atoms with Crippen molar-refractivity contribution >= 4 is 33.8 Å². The molecule has 2 aliphatic heterocycles. The summed E-state index contributed by atoms with van der Waals surface area (Å²) < 4.78 is 23.4. The number of fused-ring (bicyclic) bond motifs is 1. The number of phenols is 2. The minimum absolute atomic E-state index is 0.0549. The Bertz CT molecular complexity index is 1020. The van der Waals surface area contributed by atoms with Gasteiger partial charge in [-0.2, -0.15) is 5.10 Å². The van der Waals surface area contributed by atoms with Crippen molar-refractivity contribution in [3.8, 4) is 11.5 Å². The molecule has 2 amide bonds. The number of amides is 2. The Balaban J connectivity index is 1.68. The van der Waals surface area contributed by atoms with Gasteiger partial charge in [-0.05, 0) is 31.0 Å².